The first-order valence-electron chi connectivity index (χ1n) is 11.7. The van der Waals surface area contributed by atoms with Gasteiger partial charge >= 0.3 is 0 Å². The average Bonchev–Trinajstić information content (AvgIpc) is 3.33. The van der Waals surface area contributed by atoms with Crippen molar-refractivity contribution in [3.8, 4) is 11.5 Å². The number of amides is 1. The summed E-state index contributed by atoms with van der Waals surface area (Å²) in [5.41, 5.74) is 2.26. The number of unbranched alkanes of at least 4 members (excludes halogenated alkanes) is 1. The number of hydrogen-bond donors (Lipinski definition) is 1. The summed E-state index contributed by atoms with van der Waals surface area (Å²) >= 11 is 0. The molecule has 7 heteroatoms. The third-order valence-electron chi connectivity index (χ3n) is 6.21. The zero-order valence-corrected chi connectivity index (χ0v) is 19.9. The molecule has 1 fully saturated rings. The smallest absolute Gasteiger partial charge is 0.295 e. The zero-order valence-electron chi connectivity index (χ0n) is 19.9. The molecule has 1 saturated heterocycles. The van der Waals surface area contributed by atoms with Crippen molar-refractivity contribution in [1.29, 1.82) is 0 Å². The monoisotopic (exact) mass is 465 g/mol. The van der Waals surface area contributed by atoms with E-state index in [1.807, 2.05) is 37.3 Å². The minimum absolute atomic E-state index is 0.0603. The van der Waals surface area contributed by atoms with Gasteiger partial charge in [0.25, 0.3) is 11.7 Å². The van der Waals surface area contributed by atoms with Crippen LogP contribution < -0.4 is 9.47 Å². The topological polar surface area (TPSA) is 85.3 Å². The van der Waals surface area contributed by atoms with Gasteiger partial charge in [0, 0.05) is 25.6 Å². The number of rotatable bonds is 9. The third kappa shape index (κ3) is 4.66. The molecule has 2 heterocycles. The number of hydrogen-bond acceptors (Lipinski definition) is 6. The van der Waals surface area contributed by atoms with Gasteiger partial charge in [-0.05, 0) is 54.8 Å². The molecule has 180 valence electrons. The molecule has 0 spiro atoms. The van der Waals surface area contributed by atoms with Crippen LogP contribution in [-0.4, -0.2) is 54.7 Å². The summed E-state index contributed by atoms with van der Waals surface area (Å²) in [5, 5.41) is 11.3. The fraction of sp³-hybridized carbons (Fsp3) is 0.407. The molecule has 0 bridgehead atoms. The molecular weight excluding hydrogens is 434 g/mol. The van der Waals surface area contributed by atoms with Gasteiger partial charge in [0.1, 0.15) is 23.4 Å². The molecule has 1 amide bonds. The fourth-order valence-corrected chi connectivity index (χ4v) is 4.45. The number of carbonyl (C=O) groups is 2. The molecule has 2 aromatic carbocycles. The van der Waals surface area contributed by atoms with Crippen molar-refractivity contribution in [2.45, 2.75) is 45.3 Å². The van der Waals surface area contributed by atoms with Crippen LogP contribution in [0.1, 0.15) is 49.4 Å². The predicted molar refractivity (Wildman–Crippen MR) is 128 cm³/mol. The Balaban J connectivity index is 1.73. The summed E-state index contributed by atoms with van der Waals surface area (Å²) in [7, 11) is 1.54. The highest BCUT2D eigenvalue weighted by Crippen LogP contribution is 2.40. The number of aliphatic hydroxyl groups is 1. The largest absolute Gasteiger partial charge is 0.507 e. The van der Waals surface area contributed by atoms with Crippen molar-refractivity contribution < 1.29 is 28.9 Å². The van der Waals surface area contributed by atoms with Crippen LogP contribution in [0, 0.1) is 0 Å². The number of aliphatic hydroxyl groups excluding tert-OH is 1. The van der Waals surface area contributed by atoms with Crippen molar-refractivity contribution in [2.24, 2.45) is 0 Å². The first-order chi connectivity index (χ1) is 16.4. The Morgan fingerprint density at radius 2 is 1.91 bits per heavy atom. The number of carbonyl (C=O) groups excluding carboxylic acids is 2. The van der Waals surface area contributed by atoms with Gasteiger partial charge in [-0.15, -0.1) is 0 Å². The minimum Gasteiger partial charge on any atom is -0.507 e. The molecule has 4 rings (SSSR count). The Bertz CT molecular complexity index is 1090. The molecular formula is C27H31NO6. The Kier molecular flexibility index (Phi) is 7.22. The van der Waals surface area contributed by atoms with Gasteiger partial charge in [-0.3, -0.25) is 9.59 Å². The third-order valence-corrected chi connectivity index (χ3v) is 6.21. The van der Waals surface area contributed by atoms with Crippen LogP contribution in [0.25, 0.3) is 5.76 Å². The van der Waals surface area contributed by atoms with E-state index in [4.69, 9.17) is 14.2 Å². The van der Waals surface area contributed by atoms with Crippen LogP contribution in [0.2, 0.25) is 0 Å². The molecule has 2 aliphatic rings. The molecule has 0 saturated carbocycles. The molecule has 1 N–H and O–H groups in total. The van der Waals surface area contributed by atoms with E-state index in [0.29, 0.717) is 12.2 Å². The van der Waals surface area contributed by atoms with Crippen LogP contribution in [0.4, 0.5) is 0 Å². The summed E-state index contributed by atoms with van der Waals surface area (Å²) in [6.07, 6.45) is 2.79. The Hall–Kier alpha value is -3.32. The molecule has 34 heavy (non-hydrogen) atoms. The van der Waals surface area contributed by atoms with Gasteiger partial charge in [-0.25, -0.2) is 0 Å². The van der Waals surface area contributed by atoms with Gasteiger partial charge in [-0.1, -0.05) is 25.5 Å². The summed E-state index contributed by atoms with van der Waals surface area (Å²) in [5.74, 6) is -0.0375. The second kappa shape index (κ2) is 10.3. The maximum absolute atomic E-state index is 13.1. The highest BCUT2D eigenvalue weighted by Gasteiger charge is 2.46. The number of benzene rings is 2. The molecule has 0 radical (unpaired) electrons. The highest BCUT2D eigenvalue weighted by molar-refractivity contribution is 6.46. The molecule has 0 aromatic heterocycles. The molecule has 0 aliphatic carbocycles. The number of nitrogens with zero attached hydrogens (tertiary/aromatic N) is 1. The molecule has 2 atom stereocenters. The SMILES string of the molecule is CCCCOc1ccc(C2/C(=C(\O)c3ccc4c(c3)CC(C)O4)C(=O)C(=O)N2CCOC)cc1. The number of likely N-dealkylation sites (tertiary alicyclic amines) is 1. The van der Waals surface area contributed by atoms with E-state index >= 15 is 0 Å². The maximum atomic E-state index is 13.1. The van der Waals surface area contributed by atoms with Gasteiger partial charge < -0.3 is 24.2 Å². The molecule has 2 aliphatic heterocycles. The zero-order chi connectivity index (χ0) is 24.2. The van der Waals surface area contributed by atoms with E-state index in [-0.39, 0.29) is 30.6 Å². The maximum Gasteiger partial charge on any atom is 0.295 e. The summed E-state index contributed by atoms with van der Waals surface area (Å²) in [6.45, 7) is 5.21. The Morgan fingerprint density at radius 1 is 1.15 bits per heavy atom. The number of Topliss-reactive ketones (excluding diaryl/α,β-unsaturated/α-hetero) is 1. The Labute approximate surface area is 199 Å². The van der Waals surface area contributed by atoms with Gasteiger partial charge in [-0.2, -0.15) is 0 Å². The van der Waals surface area contributed by atoms with Crippen LogP contribution in [0.3, 0.4) is 0 Å². The van der Waals surface area contributed by atoms with Gasteiger partial charge in [0.05, 0.1) is 24.8 Å². The normalized spacial score (nSPS) is 21.0. The second-order valence-electron chi connectivity index (χ2n) is 8.71. The van der Waals surface area contributed by atoms with Gasteiger partial charge in [0.15, 0.2) is 0 Å². The fourth-order valence-electron chi connectivity index (χ4n) is 4.45. The van der Waals surface area contributed by atoms with E-state index < -0.39 is 17.7 Å². The summed E-state index contributed by atoms with van der Waals surface area (Å²) in [6, 6.07) is 12.0. The van der Waals surface area contributed by atoms with Crippen molar-refractivity contribution in [3.05, 3.63) is 64.7 Å². The lowest BCUT2D eigenvalue weighted by molar-refractivity contribution is -0.140. The molecule has 7 nitrogen and oxygen atoms in total. The van der Waals surface area contributed by atoms with E-state index in [1.165, 1.54) is 4.90 Å². The lowest BCUT2D eigenvalue weighted by atomic mass is 9.94. The second-order valence-corrected chi connectivity index (χ2v) is 8.71. The lowest BCUT2D eigenvalue weighted by Crippen LogP contribution is -2.32. The number of fused-ring (bicyclic) bond motifs is 1. The van der Waals surface area contributed by atoms with Crippen molar-refractivity contribution in [3.63, 3.8) is 0 Å². The van der Waals surface area contributed by atoms with Crippen molar-refractivity contribution >= 4 is 17.4 Å². The quantitative estimate of drug-likeness (QED) is 0.258. The standard InChI is InChI=1S/C27H31NO6/c1-4-5-13-33-21-9-6-18(7-10-21)24-23(26(30)27(31)28(24)12-14-32-3)25(29)19-8-11-22-20(16-19)15-17(2)34-22/h6-11,16-17,24,29H,4-5,12-15H2,1-3H3/b25-23+. The average molecular weight is 466 g/mol. The first kappa shape index (κ1) is 23.8. The first-order valence-corrected chi connectivity index (χ1v) is 11.7. The van der Waals surface area contributed by atoms with Crippen LogP contribution in [-0.2, 0) is 20.7 Å². The number of ketones is 1. The van der Waals surface area contributed by atoms with Crippen LogP contribution >= 0.6 is 0 Å². The van der Waals surface area contributed by atoms with Crippen LogP contribution in [0.15, 0.2) is 48.0 Å². The molecule has 2 aromatic rings. The number of methoxy groups -OCH3 is 1. The summed E-state index contributed by atoms with van der Waals surface area (Å²) < 4.78 is 16.7. The predicted octanol–water partition coefficient (Wildman–Crippen LogP) is 4.26. The lowest BCUT2D eigenvalue weighted by Gasteiger charge is -2.25. The van der Waals surface area contributed by atoms with E-state index in [9.17, 15) is 14.7 Å². The highest BCUT2D eigenvalue weighted by atomic mass is 16.5. The van der Waals surface area contributed by atoms with Gasteiger partial charge in [0.2, 0.25) is 0 Å². The van der Waals surface area contributed by atoms with E-state index in [0.717, 1.165) is 41.9 Å². The summed E-state index contributed by atoms with van der Waals surface area (Å²) in [4.78, 5) is 27.5. The van der Waals surface area contributed by atoms with E-state index in [1.54, 1.807) is 19.2 Å². The Morgan fingerprint density at radius 3 is 2.62 bits per heavy atom. The minimum atomic E-state index is -0.719. The van der Waals surface area contributed by atoms with Crippen LogP contribution in [0.5, 0.6) is 11.5 Å². The van der Waals surface area contributed by atoms with E-state index in [2.05, 4.69) is 6.92 Å². The number of ether oxygens (including phenoxy) is 3. The van der Waals surface area contributed by atoms with Crippen molar-refractivity contribution in [2.75, 3.05) is 26.9 Å². The molecule has 2 unspecified atom stereocenters. The van der Waals surface area contributed by atoms with Crippen molar-refractivity contribution in [1.82, 2.24) is 4.90 Å².